The third-order valence-corrected chi connectivity index (χ3v) is 13.7. The van der Waals surface area contributed by atoms with Crippen molar-refractivity contribution in [3.8, 4) is 6.07 Å². The minimum Gasteiger partial charge on any atom is -0.356 e. The van der Waals surface area contributed by atoms with Crippen LogP contribution in [0.3, 0.4) is 0 Å². The Kier molecular flexibility index (Phi) is 12.1. The van der Waals surface area contributed by atoms with Crippen molar-refractivity contribution in [2.24, 2.45) is 0 Å². The summed E-state index contributed by atoms with van der Waals surface area (Å²) in [4.78, 5) is 30.7. The molecule has 302 valence electrons. The van der Waals surface area contributed by atoms with E-state index in [2.05, 4.69) is 119 Å². The van der Waals surface area contributed by atoms with E-state index in [1.54, 1.807) is 11.8 Å². The number of carbonyl (C=O) groups is 2. The first-order chi connectivity index (χ1) is 28.3. The van der Waals surface area contributed by atoms with Gasteiger partial charge in [0.2, 0.25) is 11.6 Å². The highest BCUT2D eigenvalue weighted by Crippen LogP contribution is 2.50. The molecular weight excluding hydrogens is 771 g/mol. The topological polar surface area (TPSA) is 126 Å². The van der Waals surface area contributed by atoms with Gasteiger partial charge in [-0.1, -0.05) is 63.6 Å². The normalized spacial score (nSPS) is 17.7. The number of nitrogens with zero attached hydrogens (tertiary/aromatic N) is 5. The van der Waals surface area contributed by atoms with Gasteiger partial charge in [0.1, 0.15) is 29.2 Å². The van der Waals surface area contributed by atoms with Crippen LogP contribution in [-0.4, -0.2) is 62.0 Å². The Labute approximate surface area is 356 Å². The Hall–Kier alpha value is -5.40. The van der Waals surface area contributed by atoms with Crippen LogP contribution in [0, 0.1) is 30.6 Å². The molecule has 1 aromatic heterocycles. The number of para-hydroxylation sites is 2. The number of aromatic nitrogens is 2. The quantitative estimate of drug-likeness (QED) is 0.0306. The fraction of sp³-hybridized carbons (Fsp3) is 0.375. The average molecular weight is 823 g/mol. The van der Waals surface area contributed by atoms with Crippen molar-refractivity contribution >= 4 is 69.2 Å². The summed E-state index contributed by atoms with van der Waals surface area (Å²) in [6.07, 6.45) is 7.97. The number of nitriles is 1. The summed E-state index contributed by atoms with van der Waals surface area (Å²) < 4.78 is 11.2. The van der Waals surface area contributed by atoms with Crippen molar-refractivity contribution < 1.29 is 14.2 Å². The number of benzene rings is 3. The molecular formula is C48H52N7O2S2+. The van der Waals surface area contributed by atoms with Crippen LogP contribution >= 0.6 is 23.5 Å². The molecule has 0 radical (unpaired) electrons. The number of hydrogen-bond donors (Lipinski definition) is 2. The zero-order chi connectivity index (χ0) is 42.1. The van der Waals surface area contributed by atoms with E-state index in [9.17, 15) is 14.9 Å². The van der Waals surface area contributed by atoms with E-state index < -0.39 is 5.41 Å². The van der Waals surface area contributed by atoms with Gasteiger partial charge in [-0.2, -0.15) is 18.6 Å². The number of aryl methyl sites for hydroxylation is 2. The Morgan fingerprint density at radius 1 is 1.00 bits per heavy atom. The molecule has 9 nitrogen and oxygen atoms in total. The maximum atomic E-state index is 14.4. The third-order valence-electron chi connectivity index (χ3n) is 12.1. The van der Waals surface area contributed by atoms with Gasteiger partial charge in [0.15, 0.2) is 11.5 Å². The molecule has 2 aliphatic heterocycles. The molecule has 11 heteroatoms. The van der Waals surface area contributed by atoms with E-state index in [0.717, 1.165) is 87.6 Å². The molecule has 59 heavy (non-hydrogen) atoms. The van der Waals surface area contributed by atoms with Crippen molar-refractivity contribution in [1.82, 2.24) is 14.1 Å². The molecule has 0 bridgehead atoms. The smallest absolute Gasteiger partial charge is 0.220 e. The molecule has 0 atom stereocenters. The lowest BCUT2D eigenvalue weighted by Crippen LogP contribution is -2.33. The second-order valence-electron chi connectivity index (χ2n) is 16.6. The van der Waals surface area contributed by atoms with E-state index in [-0.39, 0.29) is 22.7 Å². The van der Waals surface area contributed by atoms with Crippen LogP contribution in [-0.2, 0) is 20.4 Å². The molecule has 4 aromatic rings. The number of ketones is 1. The maximum absolute atomic E-state index is 14.4. The average Bonchev–Trinajstić information content (AvgIpc) is 3.87. The van der Waals surface area contributed by atoms with Gasteiger partial charge in [-0.25, -0.2) is 0 Å². The lowest BCUT2D eigenvalue weighted by Gasteiger charge is -2.30. The minimum absolute atomic E-state index is 0.0346. The van der Waals surface area contributed by atoms with Crippen molar-refractivity contribution in [2.45, 2.75) is 96.3 Å². The van der Waals surface area contributed by atoms with Gasteiger partial charge in [-0.3, -0.25) is 15.0 Å². The number of Topliss-reactive ketones (excluding diaryl/α,β-unsaturated/α-hetero) is 1. The standard InChI is InChI=1S/C48H51N7O2S2/c1-8-9-22-54-37-18-12-10-16-35(37)47(4,5)40(54)26-33-43(32(28-49)29-50)34(46(33)57)27-41-48(6,7)36-17-11-13-19-38(36)55(41)23-15-14-21-51-42(56)20-24-58-39-25-30(2)44-45(31(39)3)53-59-52-44/h10-13,16-19,25-27,49H,8-9,14-15,20-24H2,1-7H3/p+1. The predicted octanol–water partition coefficient (Wildman–Crippen LogP) is 9.75. The minimum atomic E-state index is -0.431. The fourth-order valence-electron chi connectivity index (χ4n) is 8.72. The van der Waals surface area contributed by atoms with Crippen molar-refractivity contribution in [1.29, 1.82) is 10.7 Å². The van der Waals surface area contributed by atoms with Crippen LogP contribution in [0.25, 0.3) is 11.0 Å². The van der Waals surface area contributed by atoms with Crippen LogP contribution in [0.2, 0.25) is 0 Å². The van der Waals surface area contributed by atoms with E-state index in [1.165, 1.54) is 17.3 Å². The summed E-state index contributed by atoms with van der Waals surface area (Å²) in [7, 11) is 0. The highest BCUT2D eigenvalue weighted by atomic mass is 32.2. The van der Waals surface area contributed by atoms with E-state index in [1.807, 2.05) is 31.2 Å². The Morgan fingerprint density at radius 2 is 1.73 bits per heavy atom. The molecule has 3 heterocycles. The highest BCUT2D eigenvalue weighted by Gasteiger charge is 2.47. The Morgan fingerprint density at radius 3 is 2.47 bits per heavy atom. The van der Waals surface area contributed by atoms with E-state index >= 15 is 0 Å². The SMILES string of the molecule is CCCCN1/C(=C/C2=C(C(=C=N)C#N)C(=C\C3=[N+](CCCCNC(=O)CCSc4cc(C)c5nsnc5c4C)c4ccccc4C3(C)C)/C2=O)C(C)(C)c2ccccc21. The zero-order valence-electron chi connectivity index (χ0n) is 35.1. The van der Waals surface area contributed by atoms with Crippen LogP contribution in [0.4, 0.5) is 11.4 Å². The first-order valence-electron chi connectivity index (χ1n) is 20.5. The summed E-state index contributed by atoms with van der Waals surface area (Å²) in [5.74, 6) is 2.93. The van der Waals surface area contributed by atoms with Gasteiger partial charge in [-0.15, -0.1) is 11.8 Å². The predicted molar refractivity (Wildman–Crippen MR) is 241 cm³/mol. The van der Waals surface area contributed by atoms with Crippen LogP contribution in [0.15, 0.2) is 99.6 Å². The fourth-order valence-corrected chi connectivity index (χ4v) is 10.5. The first kappa shape index (κ1) is 41.7. The number of unbranched alkanes of at least 4 members (excludes halogenated alkanes) is 2. The molecule has 1 aliphatic carbocycles. The van der Waals surface area contributed by atoms with Crippen molar-refractivity contribution in [3.05, 3.63) is 117 Å². The number of rotatable bonds is 15. The number of anilines is 1. The van der Waals surface area contributed by atoms with Crippen LogP contribution < -0.4 is 10.2 Å². The van der Waals surface area contributed by atoms with Crippen LogP contribution in [0.1, 0.15) is 89.0 Å². The maximum Gasteiger partial charge on any atom is 0.220 e. The first-order valence-corrected chi connectivity index (χ1v) is 22.2. The number of allylic oxidation sites excluding steroid dienone is 7. The largest absolute Gasteiger partial charge is 0.356 e. The molecule has 2 N–H and O–H groups in total. The molecule has 0 spiro atoms. The summed E-state index contributed by atoms with van der Waals surface area (Å²) >= 11 is 2.91. The lowest BCUT2D eigenvalue weighted by molar-refractivity contribution is -0.438. The van der Waals surface area contributed by atoms with E-state index in [4.69, 9.17) is 5.41 Å². The van der Waals surface area contributed by atoms with Gasteiger partial charge in [0.05, 0.1) is 17.1 Å². The number of nitrogens with one attached hydrogen (secondary N) is 2. The second-order valence-corrected chi connectivity index (χ2v) is 18.2. The van der Waals surface area contributed by atoms with Crippen molar-refractivity contribution in [3.63, 3.8) is 0 Å². The van der Waals surface area contributed by atoms with Crippen molar-refractivity contribution in [2.75, 3.05) is 30.3 Å². The lowest BCUT2D eigenvalue weighted by atomic mass is 9.73. The third kappa shape index (κ3) is 7.66. The molecule has 0 saturated carbocycles. The zero-order valence-corrected chi connectivity index (χ0v) is 36.7. The molecule has 3 aliphatic rings. The number of thioether (sulfide) groups is 1. The van der Waals surface area contributed by atoms with E-state index in [0.29, 0.717) is 42.0 Å². The van der Waals surface area contributed by atoms with Gasteiger partial charge >= 0.3 is 0 Å². The molecule has 3 aromatic carbocycles. The molecule has 1 amide bonds. The highest BCUT2D eigenvalue weighted by molar-refractivity contribution is 7.99. The summed E-state index contributed by atoms with van der Waals surface area (Å²) in [6, 6.07) is 21.0. The number of carbonyl (C=O) groups excluding carboxylic acids is 2. The molecule has 0 unspecified atom stereocenters. The molecule has 7 rings (SSSR count). The summed E-state index contributed by atoms with van der Waals surface area (Å²) in [6.45, 7) is 17.1. The van der Waals surface area contributed by atoms with Gasteiger partial charge in [-0.05, 0) is 81.3 Å². The molecule has 0 fully saturated rings. The van der Waals surface area contributed by atoms with Gasteiger partial charge in [0.25, 0.3) is 0 Å². The monoisotopic (exact) mass is 822 g/mol. The number of fused-ring (bicyclic) bond motifs is 3. The summed E-state index contributed by atoms with van der Waals surface area (Å²) in [5, 5.41) is 21.4. The number of amides is 1. The Bertz CT molecular complexity index is 2590. The van der Waals surface area contributed by atoms with Gasteiger partial charge in [0, 0.05) is 87.8 Å². The Balaban J connectivity index is 1.10. The molecule has 0 saturated heterocycles. The summed E-state index contributed by atoms with van der Waals surface area (Å²) in [5.41, 5.74) is 11.3. The van der Waals surface area contributed by atoms with Gasteiger partial charge < -0.3 is 10.2 Å². The second kappa shape index (κ2) is 17.1. The number of hydrogen-bond acceptors (Lipinski definition) is 9. The van der Waals surface area contributed by atoms with Crippen LogP contribution in [0.5, 0.6) is 0 Å².